The van der Waals surface area contributed by atoms with E-state index < -0.39 is 10.0 Å². The molecule has 2 saturated heterocycles. The third-order valence-corrected chi connectivity index (χ3v) is 5.13. The highest BCUT2D eigenvalue weighted by atomic mass is 32.2. The summed E-state index contributed by atoms with van der Waals surface area (Å²) in [5.74, 6) is 1.40. The van der Waals surface area contributed by atoms with Crippen LogP contribution in [0.1, 0.15) is 18.6 Å². The Morgan fingerprint density at radius 3 is 2.95 bits per heavy atom. The molecule has 0 radical (unpaired) electrons. The summed E-state index contributed by atoms with van der Waals surface area (Å²) < 4.78 is 36.1. The number of nitrogens with one attached hydrogen (secondary N) is 1. The fourth-order valence-electron chi connectivity index (χ4n) is 3.41. The standard InChI is InChI=1S/C14H22N2O4S/c1-21(17,18)15-6-4-12-5-8-20-14(12)10-16(11-14)9-13-3-2-7-19-13/h2-3,7,12,15H,4-6,8-11H2,1H3. The van der Waals surface area contributed by atoms with Crippen LogP contribution < -0.4 is 4.72 Å². The van der Waals surface area contributed by atoms with Crippen LogP contribution in [0.4, 0.5) is 0 Å². The molecule has 3 heterocycles. The zero-order valence-electron chi connectivity index (χ0n) is 12.2. The van der Waals surface area contributed by atoms with E-state index in [1.165, 1.54) is 6.26 Å². The molecule has 2 fully saturated rings. The number of sulfonamides is 1. The van der Waals surface area contributed by atoms with E-state index in [1.807, 2.05) is 12.1 Å². The van der Waals surface area contributed by atoms with Crippen molar-refractivity contribution in [3.8, 4) is 0 Å². The van der Waals surface area contributed by atoms with E-state index in [9.17, 15) is 8.42 Å². The Labute approximate surface area is 125 Å². The third-order valence-electron chi connectivity index (χ3n) is 4.40. The van der Waals surface area contributed by atoms with Crippen LogP contribution in [0.25, 0.3) is 0 Å². The molecular weight excluding hydrogens is 292 g/mol. The van der Waals surface area contributed by atoms with Gasteiger partial charge in [0.2, 0.25) is 10.0 Å². The SMILES string of the molecule is CS(=O)(=O)NCCC1CCOC12CN(Cc1ccco1)C2. The number of hydrogen-bond donors (Lipinski definition) is 1. The quantitative estimate of drug-likeness (QED) is 0.841. The van der Waals surface area contributed by atoms with E-state index in [4.69, 9.17) is 9.15 Å². The second kappa shape index (κ2) is 5.72. The van der Waals surface area contributed by atoms with E-state index >= 15 is 0 Å². The van der Waals surface area contributed by atoms with Gasteiger partial charge in [-0.25, -0.2) is 13.1 Å². The molecule has 1 N–H and O–H groups in total. The maximum atomic E-state index is 11.1. The Morgan fingerprint density at radius 2 is 2.29 bits per heavy atom. The topological polar surface area (TPSA) is 71.8 Å². The Hall–Kier alpha value is -0.890. The lowest BCUT2D eigenvalue weighted by molar-refractivity contribution is -0.138. The molecule has 118 valence electrons. The van der Waals surface area contributed by atoms with Gasteiger partial charge in [-0.2, -0.15) is 0 Å². The summed E-state index contributed by atoms with van der Waals surface area (Å²) in [5.41, 5.74) is -0.0776. The van der Waals surface area contributed by atoms with Crippen LogP contribution in [0.3, 0.4) is 0 Å². The number of rotatable bonds is 6. The molecule has 2 aliphatic rings. The molecule has 3 rings (SSSR count). The zero-order valence-corrected chi connectivity index (χ0v) is 13.1. The number of ether oxygens (including phenoxy) is 1. The van der Waals surface area contributed by atoms with Gasteiger partial charge in [0.05, 0.1) is 24.7 Å². The smallest absolute Gasteiger partial charge is 0.208 e. The average molecular weight is 314 g/mol. The van der Waals surface area contributed by atoms with Crippen LogP contribution in [-0.4, -0.2) is 51.4 Å². The van der Waals surface area contributed by atoms with Crippen molar-refractivity contribution in [3.63, 3.8) is 0 Å². The van der Waals surface area contributed by atoms with E-state index in [-0.39, 0.29) is 5.60 Å². The van der Waals surface area contributed by atoms with E-state index in [0.717, 1.165) is 44.8 Å². The molecule has 21 heavy (non-hydrogen) atoms. The fraction of sp³-hybridized carbons (Fsp3) is 0.714. The molecule has 0 amide bonds. The first-order chi connectivity index (χ1) is 9.97. The molecule has 0 aliphatic carbocycles. The van der Waals surface area contributed by atoms with E-state index in [1.54, 1.807) is 6.26 Å². The monoisotopic (exact) mass is 314 g/mol. The lowest BCUT2D eigenvalue weighted by atomic mass is 9.79. The maximum Gasteiger partial charge on any atom is 0.208 e. The molecule has 0 saturated carbocycles. The maximum absolute atomic E-state index is 11.1. The molecule has 0 aromatic carbocycles. The van der Waals surface area contributed by atoms with Crippen molar-refractivity contribution in [1.82, 2.24) is 9.62 Å². The summed E-state index contributed by atoms with van der Waals surface area (Å²) in [6, 6.07) is 3.88. The van der Waals surface area contributed by atoms with Gasteiger partial charge in [0.1, 0.15) is 5.76 Å². The van der Waals surface area contributed by atoms with Crippen LogP contribution in [0.2, 0.25) is 0 Å². The first kappa shape index (κ1) is 15.0. The number of furan rings is 1. The van der Waals surface area contributed by atoms with Gasteiger partial charge < -0.3 is 9.15 Å². The Balaban J connectivity index is 1.49. The molecule has 1 atom stereocenters. The minimum Gasteiger partial charge on any atom is -0.468 e. The highest BCUT2D eigenvalue weighted by Crippen LogP contribution is 2.42. The van der Waals surface area contributed by atoms with Crippen LogP contribution in [0.15, 0.2) is 22.8 Å². The summed E-state index contributed by atoms with van der Waals surface area (Å²) in [7, 11) is -3.10. The second-order valence-electron chi connectivity index (χ2n) is 6.08. The first-order valence-corrected chi connectivity index (χ1v) is 9.19. The molecule has 6 nitrogen and oxygen atoms in total. The first-order valence-electron chi connectivity index (χ1n) is 7.30. The predicted molar refractivity (Wildman–Crippen MR) is 78.2 cm³/mol. The fourth-order valence-corrected chi connectivity index (χ4v) is 3.89. The van der Waals surface area contributed by atoms with Crippen LogP contribution >= 0.6 is 0 Å². The van der Waals surface area contributed by atoms with Crippen molar-refractivity contribution in [2.45, 2.75) is 25.0 Å². The Morgan fingerprint density at radius 1 is 1.48 bits per heavy atom. The molecule has 2 aliphatic heterocycles. The minimum atomic E-state index is -3.10. The number of hydrogen-bond acceptors (Lipinski definition) is 5. The van der Waals surface area contributed by atoms with Crippen LogP contribution in [0.5, 0.6) is 0 Å². The van der Waals surface area contributed by atoms with E-state index in [0.29, 0.717) is 12.5 Å². The molecule has 0 bridgehead atoms. The summed E-state index contributed by atoms with van der Waals surface area (Å²) in [6.07, 6.45) is 4.74. The minimum absolute atomic E-state index is 0.0776. The lowest BCUT2D eigenvalue weighted by Crippen LogP contribution is -2.64. The molecule has 7 heteroatoms. The highest BCUT2D eigenvalue weighted by molar-refractivity contribution is 7.88. The van der Waals surface area contributed by atoms with Gasteiger partial charge in [-0.05, 0) is 30.9 Å². The van der Waals surface area contributed by atoms with Gasteiger partial charge in [-0.15, -0.1) is 0 Å². The third kappa shape index (κ3) is 3.48. The van der Waals surface area contributed by atoms with Crippen LogP contribution in [0, 0.1) is 5.92 Å². The normalized spacial score (nSPS) is 25.3. The van der Waals surface area contributed by atoms with E-state index in [2.05, 4.69) is 9.62 Å². The van der Waals surface area contributed by atoms with Crippen molar-refractivity contribution in [1.29, 1.82) is 0 Å². The zero-order chi connectivity index (χ0) is 14.9. The highest BCUT2D eigenvalue weighted by Gasteiger charge is 2.52. The Kier molecular flexibility index (Phi) is 4.09. The molecule has 1 unspecified atom stereocenters. The molecule has 1 aromatic rings. The van der Waals surface area contributed by atoms with Crippen molar-refractivity contribution in [3.05, 3.63) is 24.2 Å². The van der Waals surface area contributed by atoms with Gasteiger partial charge in [-0.3, -0.25) is 4.90 Å². The van der Waals surface area contributed by atoms with Gasteiger partial charge in [0.25, 0.3) is 0 Å². The second-order valence-corrected chi connectivity index (χ2v) is 7.91. The summed E-state index contributed by atoms with van der Waals surface area (Å²) in [5, 5.41) is 0. The summed E-state index contributed by atoms with van der Waals surface area (Å²) >= 11 is 0. The van der Waals surface area contributed by atoms with Crippen molar-refractivity contribution < 1.29 is 17.6 Å². The number of nitrogens with zero attached hydrogens (tertiary/aromatic N) is 1. The van der Waals surface area contributed by atoms with Gasteiger partial charge >= 0.3 is 0 Å². The summed E-state index contributed by atoms with van der Waals surface area (Å²) in [4.78, 5) is 2.31. The molecule has 1 aromatic heterocycles. The Bertz CT molecular complexity index is 564. The largest absolute Gasteiger partial charge is 0.468 e. The number of likely N-dealkylation sites (tertiary alicyclic amines) is 1. The van der Waals surface area contributed by atoms with Crippen molar-refractivity contribution in [2.24, 2.45) is 5.92 Å². The van der Waals surface area contributed by atoms with Crippen molar-refractivity contribution >= 4 is 10.0 Å². The molecular formula is C14H22N2O4S. The van der Waals surface area contributed by atoms with Gasteiger partial charge in [0, 0.05) is 26.2 Å². The van der Waals surface area contributed by atoms with Crippen molar-refractivity contribution in [2.75, 3.05) is 32.5 Å². The van der Waals surface area contributed by atoms with Crippen LogP contribution in [-0.2, 0) is 21.3 Å². The average Bonchev–Trinajstić information content (AvgIpc) is 2.97. The van der Waals surface area contributed by atoms with Gasteiger partial charge in [-0.1, -0.05) is 0 Å². The molecule has 1 spiro atoms. The lowest BCUT2D eigenvalue weighted by Gasteiger charge is -2.50. The predicted octanol–water partition coefficient (Wildman–Crippen LogP) is 0.810. The summed E-state index contributed by atoms with van der Waals surface area (Å²) in [6.45, 7) is 3.88. The van der Waals surface area contributed by atoms with Gasteiger partial charge in [0.15, 0.2) is 0 Å².